The fraction of sp³-hybridized carbons (Fsp3) is 0.522. The minimum absolute atomic E-state index is 0.109. The van der Waals surface area contributed by atoms with Crippen molar-refractivity contribution in [3.63, 3.8) is 0 Å². The van der Waals surface area contributed by atoms with Crippen LogP contribution in [-0.4, -0.2) is 35.0 Å². The molecule has 1 saturated carbocycles. The molecule has 6 nitrogen and oxygen atoms in total. The van der Waals surface area contributed by atoms with Crippen molar-refractivity contribution >= 4 is 23.2 Å². The zero-order chi connectivity index (χ0) is 20.6. The van der Waals surface area contributed by atoms with Gasteiger partial charge >= 0.3 is 0 Å². The lowest BCUT2D eigenvalue weighted by molar-refractivity contribution is 0.0928. The van der Waals surface area contributed by atoms with E-state index >= 15 is 0 Å². The summed E-state index contributed by atoms with van der Waals surface area (Å²) in [6.45, 7) is 8.14. The van der Waals surface area contributed by atoms with Crippen molar-refractivity contribution in [1.82, 2.24) is 15.3 Å². The van der Waals surface area contributed by atoms with Gasteiger partial charge in [0.1, 0.15) is 5.69 Å². The molecule has 156 valence electrons. The Morgan fingerprint density at radius 2 is 1.69 bits per heavy atom. The molecule has 1 aliphatic carbocycles. The molecule has 1 aliphatic rings. The van der Waals surface area contributed by atoms with Crippen molar-refractivity contribution in [2.75, 3.05) is 23.3 Å². The normalized spacial score (nSPS) is 14.9. The van der Waals surface area contributed by atoms with Crippen molar-refractivity contribution in [3.05, 3.63) is 41.7 Å². The van der Waals surface area contributed by atoms with Crippen LogP contribution in [0.25, 0.3) is 0 Å². The third-order valence-corrected chi connectivity index (χ3v) is 5.53. The molecule has 0 atom stereocenters. The molecule has 1 heterocycles. The maximum absolute atomic E-state index is 12.7. The first-order chi connectivity index (χ1) is 14.1. The van der Waals surface area contributed by atoms with Gasteiger partial charge in [0.2, 0.25) is 5.95 Å². The van der Waals surface area contributed by atoms with Crippen molar-refractivity contribution < 1.29 is 4.79 Å². The lowest BCUT2D eigenvalue weighted by atomic mass is 10.1. The molecule has 2 aromatic rings. The van der Waals surface area contributed by atoms with Crippen molar-refractivity contribution in [3.8, 4) is 0 Å². The topological polar surface area (TPSA) is 70.2 Å². The molecule has 0 saturated heterocycles. The Bertz CT molecular complexity index is 793. The molecule has 1 amide bonds. The molecule has 0 radical (unpaired) electrons. The van der Waals surface area contributed by atoms with Gasteiger partial charge in [0, 0.05) is 36.2 Å². The lowest BCUT2D eigenvalue weighted by Gasteiger charge is -2.21. The molecule has 0 aliphatic heterocycles. The molecule has 6 heteroatoms. The van der Waals surface area contributed by atoms with E-state index in [0.717, 1.165) is 37.3 Å². The minimum Gasteiger partial charge on any atom is -0.372 e. The average Bonchev–Trinajstić information content (AvgIpc) is 2.98. The van der Waals surface area contributed by atoms with Gasteiger partial charge in [-0.25, -0.2) is 9.97 Å². The number of aromatic nitrogens is 2. The monoisotopic (exact) mass is 395 g/mol. The first-order valence-corrected chi connectivity index (χ1v) is 10.9. The van der Waals surface area contributed by atoms with E-state index in [9.17, 15) is 4.79 Å². The number of hydrogen-bond donors (Lipinski definition) is 2. The average molecular weight is 396 g/mol. The second-order valence-electron chi connectivity index (χ2n) is 7.72. The number of nitrogens with one attached hydrogen (secondary N) is 2. The number of carbonyl (C=O) groups is 1. The van der Waals surface area contributed by atoms with Crippen LogP contribution in [0.1, 0.15) is 68.6 Å². The van der Waals surface area contributed by atoms with E-state index in [-0.39, 0.29) is 11.9 Å². The first kappa shape index (κ1) is 21.1. The zero-order valence-electron chi connectivity index (χ0n) is 17.9. The second-order valence-corrected chi connectivity index (χ2v) is 7.72. The van der Waals surface area contributed by atoms with Gasteiger partial charge in [-0.1, -0.05) is 25.7 Å². The molecular formula is C23H33N5O. The SMILES string of the molecule is CCN(CC)c1ccc(Nc2nc(C)cc(C(=O)NC3CCCCCC3)n2)cc1. The highest BCUT2D eigenvalue weighted by Gasteiger charge is 2.17. The summed E-state index contributed by atoms with van der Waals surface area (Å²) in [4.78, 5) is 23.9. The Labute approximate surface area is 174 Å². The van der Waals surface area contributed by atoms with E-state index in [2.05, 4.69) is 51.5 Å². The highest BCUT2D eigenvalue weighted by atomic mass is 16.1. The van der Waals surface area contributed by atoms with Gasteiger partial charge in [-0.2, -0.15) is 0 Å². The summed E-state index contributed by atoms with van der Waals surface area (Å²) >= 11 is 0. The lowest BCUT2D eigenvalue weighted by Crippen LogP contribution is -2.35. The molecule has 1 aromatic heterocycles. The number of nitrogens with zero attached hydrogens (tertiary/aromatic N) is 3. The van der Waals surface area contributed by atoms with Gasteiger partial charge in [0.15, 0.2) is 0 Å². The van der Waals surface area contributed by atoms with Crippen LogP contribution >= 0.6 is 0 Å². The summed E-state index contributed by atoms with van der Waals surface area (Å²) in [6, 6.07) is 10.2. The number of benzene rings is 1. The Hall–Kier alpha value is -2.63. The summed E-state index contributed by atoms with van der Waals surface area (Å²) in [7, 11) is 0. The van der Waals surface area contributed by atoms with Crippen LogP contribution in [0.4, 0.5) is 17.3 Å². The molecule has 3 rings (SSSR count). The third kappa shape index (κ3) is 5.92. The predicted molar refractivity (Wildman–Crippen MR) is 119 cm³/mol. The van der Waals surface area contributed by atoms with Crippen LogP contribution in [0.3, 0.4) is 0 Å². The summed E-state index contributed by atoms with van der Waals surface area (Å²) in [5.74, 6) is 0.342. The van der Waals surface area contributed by atoms with Crippen LogP contribution in [-0.2, 0) is 0 Å². The number of rotatable bonds is 7. The van der Waals surface area contributed by atoms with Crippen LogP contribution in [0, 0.1) is 6.92 Å². The number of anilines is 3. The standard InChI is InChI=1S/C23H33N5O/c1-4-28(5-2)20-14-12-19(13-15-20)26-23-24-17(3)16-21(27-23)22(29)25-18-10-8-6-7-9-11-18/h12-16,18H,4-11H2,1-3H3,(H,25,29)(H,24,26,27). The quantitative estimate of drug-likeness (QED) is 0.657. The van der Waals surface area contributed by atoms with Crippen molar-refractivity contribution in [1.29, 1.82) is 0 Å². The number of amides is 1. The van der Waals surface area contributed by atoms with E-state index in [1.807, 2.05) is 19.1 Å². The Balaban J connectivity index is 1.69. The molecule has 2 N–H and O–H groups in total. The zero-order valence-corrected chi connectivity index (χ0v) is 17.9. The van der Waals surface area contributed by atoms with Gasteiger partial charge < -0.3 is 15.5 Å². The smallest absolute Gasteiger partial charge is 0.270 e. The third-order valence-electron chi connectivity index (χ3n) is 5.53. The summed E-state index contributed by atoms with van der Waals surface area (Å²) in [6.07, 6.45) is 7.01. The molecule has 29 heavy (non-hydrogen) atoms. The maximum Gasteiger partial charge on any atom is 0.270 e. The first-order valence-electron chi connectivity index (χ1n) is 10.9. The number of hydrogen-bond acceptors (Lipinski definition) is 5. The fourth-order valence-electron chi connectivity index (χ4n) is 3.90. The largest absolute Gasteiger partial charge is 0.372 e. The highest BCUT2D eigenvalue weighted by Crippen LogP contribution is 2.21. The fourth-order valence-corrected chi connectivity index (χ4v) is 3.90. The van der Waals surface area contributed by atoms with Crippen LogP contribution < -0.4 is 15.5 Å². The summed E-state index contributed by atoms with van der Waals surface area (Å²) < 4.78 is 0. The van der Waals surface area contributed by atoms with Gasteiger partial charge in [-0.3, -0.25) is 4.79 Å². The molecule has 0 unspecified atom stereocenters. The van der Waals surface area contributed by atoms with E-state index in [1.54, 1.807) is 6.07 Å². The van der Waals surface area contributed by atoms with Gasteiger partial charge in [0.25, 0.3) is 5.91 Å². The van der Waals surface area contributed by atoms with E-state index in [4.69, 9.17) is 0 Å². The van der Waals surface area contributed by atoms with Crippen LogP contribution in [0.15, 0.2) is 30.3 Å². The van der Waals surface area contributed by atoms with Gasteiger partial charge in [-0.15, -0.1) is 0 Å². The minimum atomic E-state index is -0.109. The Morgan fingerprint density at radius 1 is 1.03 bits per heavy atom. The van der Waals surface area contributed by atoms with E-state index in [0.29, 0.717) is 11.6 Å². The molecule has 1 fully saturated rings. The van der Waals surface area contributed by atoms with Gasteiger partial charge in [-0.05, 0) is 63.9 Å². The Kier molecular flexibility index (Phi) is 7.44. The van der Waals surface area contributed by atoms with E-state index < -0.39 is 0 Å². The number of carbonyl (C=O) groups excluding carboxylic acids is 1. The molecular weight excluding hydrogens is 362 g/mol. The van der Waals surface area contributed by atoms with E-state index in [1.165, 1.54) is 31.4 Å². The summed E-state index contributed by atoms with van der Waals surface area (Å²) in [5.41, 5.74) is 3.29. The highest BCUT2D eigenvalue weighted by molar-refractivity contribution is 5.92. The van der Waals surface area contributed by atoms with Crippen LogP contribution in [0.2, 0.25) is 0 Å². The van der Waals surface area contributed by atoms with Crippen molar-refractivity contribution in [2.24, 2.45) is 0 Å². The predicted octanol–water partition coefficient (Wildman–Crippen LogP) is 4.83. The maximum atomic E-state index is 12.7. The van der Waals surface area contributed by atoms with Crippen LogP contribution in [0.5, 0.6) is 0 Å². The number of aryl methyl sites for hydroxylation is 1. The Morgan fingerprint density at radius 3 is 2.31 bits per heavy atom. The molecule has 0 bridgehead atoms. The molecule has 0 spiro atoms. The summed E-state index contributed by atoms with van der Waals surface area (Å²) in [5, 5.41) is 6.40. The second kappa shape index (κ2) is 10.2. The van der Waals surface area contributed by atoms with Crippen molar-refractivity contribution in [2.45, 2.75) is 65.3 Å². The van der Waals surface area contributed by atoms with Gasteiger partial charge in [0.05, 0.1) is 0 Å². The molecule has 1 aromatic carbocycles.